The second kappa shape index (κ2) is 4.82. The van der Waals surface area contributed by atoms with Gasteiger partial charge in [0.1, 0.15) is 5.82 Å². The average molecular weight is 350 g/mol. The van der Waals surface area contributed by atoms with Crippen LogP contribution < -0.4 is 11.2 Å². The topological polar surface area (TPSA) is 101 Å². The monoisotopic (exact) mass is 350 g/mol. The van der Waals surface area contributed by atoms with E-state index in [-0.39, 0.29) is 22.4 Å². The molecule has 8 nitrogen and oxygen atoms in total. The summed E-state index contributed by atoms with van der Waals surface area (Å²) in [6.07, 6.45) is -1.92. The van der Waals surface area contributed by atoms with Gasteiger partial charge in [-0.15, -0.1) is 5.10 Å². The molecule has 128 valence electrons. The average Bonchev–Trinajstić information content (AvgIpc) is 3.12. The van der Waals surface area contributed by atoms with Gasteiger partial charge in [0.15, 0.2) is 0 Å². The molecule has 3 aromatic heterocycles. The van der Waals surface area contributed by atoms with Crippen molar-refractivity contribution < 1.29 is 13.2 Å². The first-order valence-corrected chi connectivity index (χ1v) is 7.02. The van der Waals surface area contributed by atoms with Crippen LogP contribution in [0.25, 0.3) is 22.4 Å². The Balaban J connectivity index is 2.23. The number of aryl methyl sites for hydroxylation is 1. The molecule has 4 aromatic rings. The molecule has 1 aromatic carbocycles. The van der Waals surface area contributed by atoms with Crippen LogP contribution in [0.5, 0.6) is 0 Å². The van der Waals surface area contributed by atoms with Gasteiger partial charge in [-0.2, -0.15) is 13.2 Å². The minimum Gasteiger partial charge on any atom is -0.317 e. The molecule has 11 heteroatoms. The zero-order chi connectivity index (χ0) is 17.9. The fourth-order valence-corrected chi connectivity index (χ4v) is 2.77. The van der Waals surface area contributed by atoms with Gasteiger partial charge in [0, 0.05) is 12.4 Å². The molecule has 0 aliphatic heterocycles. The molecule has 0 aliphatic rings. The van der Waals surface area contributed by atoms with E-state index in [9.17, 15) is 22.8 Å². The quantitative estimate of drug-likeness (QED) is 0.541. The van der Waals surface area contributed by atoms with Crippen molar-refractivity contribution >= 4 is 16.7 Å². The number of benzene rings is 1. The van der Waals surface area contributed by atoms with Crippen LogP contribution in [-0.2, 0) is 6.18 Å². The first-order valence-electron chi connectivity index (χ1n) is 7.02. The van der Waals surface area contributed by atoms with Crippen molar-refractivity contribution in [3.63, 3.8) is 0 Å². The lowest BCUT2D eigenvalue weighted by Crippen LogP contribution is -2.19. The second-order valence-corrected chi connectivity index (χ2v) is 5.37. The van der Waals surface area contributed by atoms with Gasteiger partial charge in [-0.3, -0.25) is 4.79 Å². The predicted molar refractivity (Wildman–Crippen MR) is 80.8 cm³/mol. The molecule has 0 bridgehead atoms. The normalized spacial score (nSPS) is 12.3. The summed E-state index contributed by atoms with van der Waals surface area (Å²) in [5.74, 6) is 0.338. The maximum atomic E-state index is 13.5. The number of nitrogens with one attached hydrogen (secondary N) is 2. The predicted octanol–water partition coefficient (Wildman–Crippen LogP) is 1.38. The lowest BCUT2D eigenvalue weighted by Gasteiger charge is -2.16. The molecule has 2 N–H and O–H groups in total. The van der Waals surface area contributed by atoms with E-state index in [1.54, 1.807) is 6.92 Å². The van der Waals surface area contributed by atoms with E-state index in [1.807, 2.05) is 0 Å². The van der Waals surface area contributed by atoms with Gasteiger partial charge < -0.3 is 9.55 Å². The van der Waals surface area contributed by atoms with Crippen LogP contribution in [0.2, 0.25) is 0 Å². The van der Waals surface area contributed by atoms with E-state index in [4.69, 9.17) is 0 Å². The summed E-state index contributed by atoms with van der Waals surface area (Å²) in [4.78, 5) is 30.1. The third-order valence-corrected chi connectivity index (χ3v) is 3.87. The van der Waals surface area contributed by atoms with Gasteiger partial charge >= 0.3 is 11.9 Å². The number of aromatic amines is 2. The molecule has 4 rings (SSSR count). The lowest BCUT2D eigenvalue weighted by molar-refractivity contribution is -0.137. The molecule has 0 unspecified atom stereocenters. The van der Waals surface area contributed by atoms with E-state index in [2.05, 4.69) is 20.2 Å². The Morgan fingerprint density at radius 1 is 1.20 bits per heavy atom. The van der Waals surface area contributed by atoms with Crippen LogP contribution in [0.4, 0.5) is 13.2 Å². The highest BCUT2D eigenvalue weighted by Crippen LogP contribution is 2.36. The number of hydrogen-bond acceptors (Lipinski definition) is 4. The standard InChI is InChI=1S/C14H9F3N6O2/c1-6-18-2-3-22(6)9-5-10-8(4-7(9)14(15,16)17)19-12(24)11-20-21-13(25)23(10)11/h2-5H,1H3,(H,19,24)(H,21,25). The summed E-state index contributed by atoms with van der Waals surface area (Å²) in [5, 5.41) is 5.71. The highest BCUT2D eigenvalue weighted by molar-refractivity contribution is 5.81. The van der Waals surface area contributed by atoms with Gasteiger partial charge in [0.25, 0.3) is 5.56 Å². The highest BCUT2D eigenvalue weighted by Gasteiger charge is 2.35. The van der Waals surface area contributed by atoms with Crippen LogP contribution in [0.15, 0.2) is 34.1 Å². The summed E-state index contributed by atoms with van der Waals surface area (Å²) in [6, 6.07) is 1.97. The summed E-state index contributed by atoms with van der Waals surface area (Å²) >= 11 is 0. The zero-order valence-corrected chi connectivity index (χ0v) is 12.5. The molecule has 3 heterocycles. The first-order chi connectivity index (χ1) is 11.8. The van der Waals surface area contributed by atoms with E-state index in [1.165, 1.54) is 23.0 Å². The van der Waals surface area contributed by atoms with Crippen LogP contribution in [0.3, 0.4) is 0 Å². The van der Waals surface area contributed by atoms with Gasteiger partial charge in [0.2, 0.25) is 5.65 Å². The number of aromatic nitrogens is 6. The SMILES string of the molecule is Cc1nccn1-c1cc2c(cc1C(F)(F)F)[nH]c(=O)c1n[nH]c(=O)n12. The Morgan fingerprint density at radius 2 is 1.96 bits per heavy atom. The Kier molecular flexibility index (Phi) is 2.92. The number of hydrogen-bond donors (Lipinski definition) is 2. The van der Waals surface area contributed by atoms with Crippen molar-refractivity contribution in [1.29, 1.82) is 0 Å². The van der Waals surface area contributed by atoms with Gasteiger partial charge in [-0.25, -0.2) is 19.3 Å². The zero-order valence-electron chi connectivity index (χ0n) is 12.5. The van der Waals surface area contributed by atoms with Crippen molar-refractivity contribution in [3.05, 3.63) is 56.8 Å². The maximum absolute atomic E-state index is 13.5. The fourth-order valence-electron chi connectivity index (χ4n) is 2.77. The van der Waals surface area contributed by atoms with Crippen LogP contribution in [-0.4, -0.2) is 29.1 Å². The van der Waals surface area contributed by atoms with E-state index in [0.29, 0.717) is 5.82 Å². The van der Waals surface area contributed by atoms with Crippen molar-refractivity contribution in [2.75, 3.05) is 0 Å². The number of rotatable bonds is 1. The Labute approximate surface area is 135 Å². The highest BCUT2D eigenvalue weighted by atomic mass is 19.4. The summed E-state index contributed by atoms with van der Waals surface area (Å²) < 4.78 is 42.8. The van der Waals surface area contributed by atoms with Crippen LogP contribution >= 0.6 is 0 Å². The van der Waals surface area contributed by atoms with Crippen molar-refractivity contribution in [3.8, 4) is 5.69 Å². The molecule has 0 amide bonds. The molecule has 25 heavy (non-hydrogen) atoms. The molecule has 0 fully saturated rings. The number of imidazole rings is 1. The Morgan fingerprint density at radius 3 is 2.60 bits per heavy atom. The van der Waals surface area contributed by atoms with E-state index >= 15 is 0 Å². The largest absolute Gasteiger partial charge is 0.418 e. The molecule has 0 saturated carbocycles. The van der Waals surface area contributed by atoms with Crippen molar-refractivity contribution in [2.24, 2.45) is 0 Å². The molecular weight excluding hydrogens is 341 g/mol. The summed E-state index contributed by atoms with van der Waals surface area (Å²) in [6.45, 7) is 1.55. The fraction of sp³-hybridized carbons (Fsp3) is 0.143. The minimum atomic E-state index is -4.67. The van der Waals surface area contributed by atoms with Gasteiger partial charge in [-0.1, -0.05) is 0 Å². The second-order valence-electron chi connectivity index (χ2n) is 5.37. The van der Waals surface area contributed by atoms with Crippen molar-refractivity contribution in [2.45, 2.75) is 13.1 Å². The van der Waals surface area contributed by atoms with Gasteiger partial charge in [0.05, 0.1) is 22.3 Å². The third-order valence-electron chi connectivity index (χ3n) is 3.87. The van der Waals surface area contributed by atoms with E-state index in [0.717, 1.165) is 10.5 Å². The minimum absolute atomic E-state index is 0.0875. The Hall–Kier alpha value is -3.37. The van der Waals surface area contributed by atoms with Crippen molar-refractivity contribution in [1.82, 2.24) is 29.1 Å². The first kappa shape index (κ1) is 15.2. The van der Waals surface area contributed by atoms with Crippen LogP contribution in [0.1, 0.15) is 11.4 Å². The number of H-pyrrole nitrogens is 2. The van der Waals surface area contributed by atoms with E-state index < -0.39 is 23.0 Å². The number of alkyl halides is 3. The smallest absolute Gasteiger partial charge is 0.317 e. The number of halogens is 3. The number of fused-ring (bicyclic) bond motifs is 3. The third kappa shape index (κ3) is 2.16. The summed E-state index contributed by atoms with van der Waals surface area (Å²) in [5.41, 5.74) is -2.95. The molecule has 0 atom stereocenters. The molecule has 0 saturated heterocycles. The molecule has 0 spiro atoms. The maximum Gasteiger partial charge on any atom is 0.418 e. The molecule has 0 radical (unpaired) electrons. The van der Waals surface area contributed by atoms with Gasteiger partial charge in [-0.05, 0) is 19.1 Å². The number of nitrogens with zero attached hydrogens (tertiary/aromatic N) is 4. The summed E-state index contributed by atoms with van der Waals surface area (Å²) in [7, 11) is 0. The molecule has 0 aliphatic carbocycles. The lowest BCUT2D eigenvalue weighted by atomic mass is 10.1. The Bertz CT molecular complexity index is 1240. The molecular formula is C14H9F3N6O2. The van der Waals surface area contributed by atoms with Crippen LogP contribution in [0, 0.1) is 6.92 Å².